The van der Waals surface area contributed by atoms with Crippen LogP contribution in [0.1, 0.15) is 27.2 Å². The van der Waals surface area contributed by atoms with Gasteiger partial charge in [-0.15, -0.1) is 0 Å². The molecule has 1 aromatic heterocycles. The second kappa shape index (κ2) is 7.70. The van der Waals surface area contributed by atoms with E-state index in [9.17, 15) is 9.18 Å². The Morgan fingerprint density at radius 3 is 2.56 bits per heavy atom. The van der Waals surface area contributed by atoms with Crippen LogP contribution >= 0.6 is 0 Å². The minimum Gasteiger partial charge on any atom is -0.493 e. The van der Waals surface area contributed by atoms with Gasteiger partial charge in [-0.25, -0.2) is 4.39 Å². The average molecular weight is 370 g/mol. The van der Waals surface area contributed by atoms with Crippen LogP contribution in [0, 0.1) is 19.7 Å². The van der Waals surface area contributed by atoms with Crippen LogP contribution in [0.25, 0.3) is 10.9 Å². The maximum absolute atomic E-state index is 14.0. The Morgan fingerprint density at radius 2 is 1.85 bits per heavy atom. The molecular formula is C21H23FN2O3. The van der Waals surface area contributed by atoms with Gasteiger partial charge in [0.05, 0.1) is 19.7 Å². The van der Waals surface area contributed by atoms with E-state index in [1.807, 2.05) is 13.8 Å². The molecule has 0 saturated heterocycles. The normalized spacial score (nSPS) is 10.9. The summed E-state index contributed by atoms with van der Waals surface area (Å²) in [4.78, 5) is 15.6. The predicted molar refractivity (Wildman–Crippen MR) is 103 cm³/mol. The van der Waals surface area contributed by atoms with Gasteiger partial charge in [0.25, 0.3) is 5.91 Å². The number of aromatic amines is 1. The van der Waals surface area contributed by atoms with E-state index in [-0.39, 0.29) is 11.7 Å². The zero-order valence-electron chi connectivity index (χ0n) is 15.9. The van der Waals surface area contributed by atoms with Gasteiger partial charge in [-0.1, -0.05) is 6.07 Å². The van der Waals surface area contributed by atoms with Crippen molar-refractivity contribution < 1.29 is 18.7 Å². The number of benzene rings is 2. The first kappa shape index (κ1) is 18.8. The third-order valence-corrected chi connectivity index (χ3v) is 4.74. The molecule has 6 heteroatoms. The fraction of sp³-hybridized carbons (Fsp3) is 0.286. The highest BCUT2D eigenvalue weighted by molar-refractivity contribution is 5.95. The van der Waals surface area contributed by atoms with Gasteiger partial charge in [0.15, 0.2) is 11.5 Å². The monoisotopic (exact) mass is 370 g/mol. The molecule has 0 unspecified atom stereocenters. The molecule has 1 amide bonds. The van der Waals surface area contributed by atoms with Crippen LogP contribution in [0.5, 0.6) is 11.5 Å². The molecule has 0 bridgehead atoms. The summed E-state index contributed by atoms with van der Waals surface area (Å²) in [6.45, 7) is 4.32. The van der Waals surface area contributed by atoms with Gasteiger partial charge in [-0.2, -0.15) is 0 Å². The van der Waals surface area contributed by atoms with E-state index in [0.29, 0.717) is 35.5 Å². The van der Waals surface area contributed by atoms with Crippen molar-refractivity contribution in [3.05, 3.63) is 58.5 Å². The number of aryl methyl sites for hydroxylation is 2. The van der Waals surface area contributed by atoms with Gasteiger partial charge in [0.2, 0.25) is 0 Å². The van der Waals surface area contributed by atoms with Crippen molar-refractivity contribution in [3.8, 4) is 11.5 Å². The summed E-state index contributed by atoms with van der Waals surface area (Å²) in [7, 11) is 3.08. The van der Waals surface area contributed by atoms with Crippen molar-refractivity contribution in [3.63, 3.8) is 0 Å². The van der Waals surface area contributed by atoms with E-state index in [2.05, 4.69) is 10.3 Å². The molecule has 0 atom stereocenters. The molecule has 5 nitrogen and oxygen atoms in total. The van der Waals surface area contributed by atoms with Crippen molar-refractivity contribution in [2.45, 2.75) is 20.3 Å². The van der Waals surface area contributed by atoms with Crippen LogP contribution in [0.4, 0.5) is 4.39 Å². The lowest BCUT2D eigenvalue weighted by molar-refractivity contribution is 0.0953. The van der Waals surface area contributed by atoms with Crippen molar-refractivity contribution in [2.24, 2.45) is 0 Å². The molecule has 142 valence electrons. The number of carbonyl (C=O) groups excluding carboxylic acids is 1. The highest BCUT2D eigenvalue weighted by Crippen LogP contribution is 2.29. The molecule has 0 aliphatic carbocycles. The number of halogens is 1. The number of hydrogen-bond donors (Lipinski definition) is 2. The van der Waals surface area contributed by atoms with E-state index in [1.54, 1.807) is 31.4 Å². The number of amides is 1. The summed E-state index contributed by atoms with van der Waals surface area (Å²) in [5, 5.41) is 3.81. The minimum absolute atomic E-state index is 0.198. The number of ether oxygens (including phenoxy) is 2. The number of carbonyl (C=O) groups is 1. The third-order valence-electron chi connectivity index (χ3n) is 4.74. The van der Waals surface area contributed by atoms with E-state index in [0.717, 1.165) is 22.2 Å². The van der Waals surface area contributed by atoms with Crippen LogP contribution < -0.4 is 14.8 Å². The predicted octanol–water partition coefficient (Wildman–Crippen LogP) is 3.91. The summed E-state index contributed by atoms with van der Waals surface area (Å²) in [6.07, 6.45) is 0.606. The largest absolute Gasteiger partial charge is 0.493 e. The maximum Gasteiger partial charge on any atom is 0.251 e. The molecule has 0 spiro atoms. The van der Waals surface area contributed by atoms with Gasteiger partial charge in [-0.3, -0.25) is 4.79 Å². The fourth-order valence-electron chi connectivity index (χ4n) is 3.34. The lowest BCUT2D eigenvalue weighted by Crippen LogP contribution is -2.25. The second-order valence-corrected chi connectivity index (χ2v) is 6.42. The van der Waals surface area contributed by atoms with Crippen molar-refractivity contribution >= 4 is 16.8 Å². The lowest BCUT2D eigenvalue weighted by Gasteiger charge is -2.10. The third kappa shape index (κ3) is 3.60. The number of rotatable bonds is 6. The first-order valence-electron chi connectivity index (χ1n) is 8.72. The van der Waals surface area contributed by atoms with E-state index in [1.165, 1.54) is 13.2 Å². The Bertz CT molecular complexity index is 995. The van der Waals surface area contributed by atoms with Crippen LogP contribution in [0.2, 0.25) is 0 Å². The van der Waals surface area contributed by atoms with Gasteiger partial charge >= 0.3 is 0 Å². The number of aromatic nitrogens is 1. The number of methoxy groups -OCH3 is 2. The quantitative estimate of drug-likeness (QED) is 0.691. The first-order valence-corrected chi connectivity index (χ1v) is 8.72. The summed E-state index contributed by atoms with van der Waals surface area (Å²) in [5.74, 6) is 0.611. The molecule has 0 fully saturated rings. The Morgan fingerprint density at radius 1 is 1.11 bits per heavy atom. The number of H-pyrrole nitrogens is 1. The van der Waals surface area contributed by atoms with E-state index in [4.69, 9.17) is 9.47 Å². The minimum atomic E-state index is -0.265. The van der Waals surface area contributed by atoms with Gasteiger partial charge in [0, 0.05) is 23.2 Å². The van der Waals surface area contributed by atoms with Crippen LogP contribution in [0.3, 0.4) is 0 Å². The van der Waals surface area contributed by atoms with E-state index < -0.39 is 0 Å². The van der Waals surface area contributed by atoms with Gasteiger partial charge in [0.1, 0.15) is 5.82 Å². The van der Waals surface area contributed by atoms with E-state index >= 15 is 0 Å². The number of fused-ring (bicyclic) bond motifs is 1. The lowest BCUT2D eigenvalue weighted by atomic mass is 10.0. The Hall–Kier alpha value is -3.02. The Balaban J connectivity index is 1.74. The zero-order chi connectivity index (χ0) is 19.6. The second-order valence-electron chi connectivity index (χ2n) is 6.42. The topological polar surface area (TPSA) is 63.3 Å². The Labute approximate surface area is 157 Å². The molecule has 2 N–H and O–H groups in total. The maximum atomic E-state index is 14.0. The molecule has 3 aromatic rings. The molecule has 0 aliphatic rings. The van der Waals surface area contributed by atoms with Crippen LogP contribution in [0.15, 0.2) is 30.3 Å². The molecule has 2 aromatic carbocycles. The van der Waals surface area contributed by atoms with Gasteiger partial charge in [-0.05, 0) is 55.7 Å². The Kier molecular flexibility index (Phi) is 5.35. The zero-order valence-corrected chi connectivity index (χ0v) is 15.9. The number of hydrogen-bond acceptors (Lipinski definition) is 3. The fourth-order valence-corrected chi connectivity index (χ4v) is 3.34. The molecule has 0 aliphatic heterocycles. The smallest absolute Gasteiger partial charge is 0.251 e. The molecule has 0 saturated carbocycles. The van der Waals surface area contributed by atoms with Crippen LogP contribution in [-0.2, 0) is 6.42 Å². The van der Waals surface area contributed by atoms with Crippen molar-refractivity contribution in [1.82, 2.24) is 10.3 Å². The summed E-state index contributed by atoms with van der Waals surface area (Å²) >= 11 is 0. The summed E-state index contributed by atoms with van der Waals surface area (Å²) in [6, 6.07) is 8.27. The molecule has 27 heavy (non-hydrogen) atoms. The molecule has 3 rings (SSSR count). The van der Waals surface area contributed by atoms with Crippen molar-refractivity contribution in [1.29, 1.82) is 0 Å². The highest BCUT2D eigenvalue weighted by atomic mass is 19.1. The summed E-state index contributed by atoms with van der Waals surface area (Å²) < 4.78 is 24.5. The number of nitrogens with one attached hydrogen (secondary N) is 2. The molecule has 1 heterocycles. The standard InChI is InChI=1S/C21H23FN2O3/c1-12-5-7-16(22)20-19(12)15(13(2)24-20)9-10-23-21(25)14-6-8-17(26-3)18(11-14)27-4/h5-8,11,24H,9-10H2,1-4H3,(H,23,25). The molecule has 0 radical (unpaired) electrons. The summed E-state index contributed by atoms with van der Waals surface area (Å²) in [5.41, 5.74) is 3.96. The van der Waals surface area contributed by atoms with Gasteiger partial charge < -0.3 is 19.8 Å². The van der Waals surface area contributed by atoms with Crippen molar-refractivity contribution in [2.75, 3.05) is 20.8 Å². The first-order chi connectivity index (χ1) is 13.0. The van der Waals surface area contributed by atoms with Crippen LogP contribution in [-0.4, -0.2) is 31.7 Å². The highest BCUT2D eigenvalue weighted by Gasteiger charge is 2.15. The molecular weight excluding hydrogens is 347 g/mol. The average Bonchev–Trinajstić information content (AvgIpc) is 3.01. The SMILES string of the molecule is COc1ccc(C(=O)NCCc2c(C)[nH]c3c(F)ccc(C)c23)cc1OC.